The van der Waals surface area contributed by atoms with E-state index in [-0.39, 0.29) is 11.3 Å². The predicted molar refractivity (Wildman–Crippen MR) is 122 cm³/mol. The lowest BCUT2D eigenvalue weighted by Crippen LogP contribution is -2.48. The summed E-state index contributed by atoms with van der Waals surface area (Å²) in [6, 6.07) is -0.542. The van der Waals surface area contributed by atoms with E-state index in [9.17, 15) is 14.4 Å². The quantitative estimate of drug-likeness (QED) is 0.415. The molecule has 0 aromatic carbocycles. The molecule has 0 fully saturated rings. The lowest BCUT2D eigenvalue weighted by atomic mass is 9.89. The summed E-state index contributed by atoms with van der Waals surface area (Å²) in [5.41, 5.74) is 0.613. The molecule has 0 spiro atoms. The molecule has 2 heterocycles. The Morgan fingerprint density at radius 3 is 2.80 bits per heavy atom. The number of nitrogens with zero attached hydrogens (tertiary/aromatic N) is 2. The predicted octanol–water partition coefficient (Wildman–Crippen LogP) is 3.49. The first-order valence-corrected chi connectivity index (χ1v) is 11.8. The molecule has 0 saturated heterocycles. The van der Waals surface area contributed by atoms with E-state index in [0.717, 1.165) is 41.4 Å². The molecule has 162 valence electrons. The summed E-state index contributed by atoms with van der Waals surface area (Å²) >= 11 is 2.73. The van der Waals surface area contributed by atoms with Crippen LogP contribution in [0.1, 0.15) is 44.6 Å². The molecule has 7 nitrogen and oxygen atoms in total. The first kappa shape index (κ1) is 22.6. The zero-order chi connectivity index (χ0) is 22.1. The van der Waals surface area contributed by atoms with Gasteiger partial charge in [-0.15, -0.1) is 17.9 Å². The second-order valence-electron chi connectivity index (χ2n) is 8.67. The molecule has 0 saturated carbocycles. The number of imide groups is 1. The van der Waals surface area contributed by atoms with Crippen LogP contribution in [0.25, 0.3) is 10.2 Å². The smallest absolute Gasteiger partial charge is 0.321 e. The van der Waals surface area contributed by atoms with Crippen LogP contribution in [0.4, 0.5) is 4.79 Å². The normalized spacial score (nSPS) is 16.2. The molecular weight excluding hydrogens is 420 g/mol. The third kappa shape index (κ3) is 5.13. The third-order valence-corrected chi connectivity index (χ3v) is 6.89. The molecule has 2 aromatic rings. The first-order valence-electron chi connectivity index (χ1n) is 10.00. The number of thiophene rings is 1. The Bertz CT molecular complexity index is 1050. The number of hydrogen-bond acceptors (Lipinski definition) is 6. The van der Waals surface area contributed by atoms with E-state index in [1.165, 1.54) is 4.88 Å². The van der Waals surface area contributed by atoms with Gasteiger partial charge in [-0.3, -0.25) is 19.5 Å². The number of urea groups is 1. The minimum Gasteiger partial charge on any atom is -0.333 e. The Hall–Kier alpha value is -2.13. The van der Waals surface area contributed by atoms with Crippen LogP contribution in [-0.2, 0) is 24.2 Å². The Morgan fingerprint density at radius 2 is 2.13 bits per heavy atom. The molecule has 30 heavy (non-hydrogen) atoms. The number of carbonyl (C=O) groups is 2. The van der Waals surface area contributed by atoms with Gasteiger partial charge >= 0.3 is 6.03 Å². The van der Waals surface area contributed by atoms with Gasteiger partial charge in [0.25, 0.3) is 5.56 Å². The second kappa shape index (κ2) is 8.93. The SMILES string of the molecule is C=CCn1c(SCC(=O)NC(=O)NC(C)(C)C)nc2sc3c(c2c1=O)CCC(C)C3. The van der Waals surface area contributed by atoms with Crippen molar-refractivity contribution in [2.75, 3.05) is 5.75 Å². The van der Waals surface area contributed by atoms with Crippen molar-refractivity contribution in [2.45, 2.75) is 64.2 Å². The summed E-state index contributed by atoms with van der Waals surface area (Å²) in [6.45, 7) is 11.8. The summed E-state index contributed by atoms with van der Waals surface area (Å²) < 4.78 is 1.56. The highest BCUT2D eigenvalue weighted by Crippen LogP contribution is 2.36. The lowest BCUT2D eigenvalue weighted by Gasteiger charge is -2.20. The van der Waals surface area contributed by atoms with Gasteiger partial charge in [0.05, 0.1) is 11.1 Å². The fraction of sp³-hybridized carbons (Fsp3) is 0.524. The molecule has 1 aliphatic carbocycles. The Balaban J connectivity index is 1.84. The Labute approximate surface area is 184 Å². The fourth-order valence-corrected chi connectivity index (χ4v) is 5.70. The highest BCUT2D eigenvalue weighted by molar-refractivity contribution is 7.99. The summed E-state index contributed by atoms with van der Waals surface area (Å²) in [4.78, 5) is 44.0. The van der Waals surface area contributed by atoms with Gasteiger partial charge in [0, 0.05) is 17.0 Å². The van der Waals surface area contributed by atoms with Crippen molar-refractivity contribution in [3.63, 3.8) is 0 Å². The largest absolute Gasteiger partial charge is 0.333 e. The number of rotatable bonds is 5. The van der Waals surface area contributed by atoms with Crippen LogP contribution in [0.15, 0.2) is 22.6 Å². The van der Waals surface area contributed by atoms with Gasteiger partial charge in [-0.05, 0) is 51.5 Å². The highest BCUT2D eigenvalue weighted by atomic mass is 32.2. The zero-order valence-electron chi connectivity index (χ0n) is 17.8. The maximum Gasteiger partial charge on any atom is 0.321 e. The fourth-order valence-electron chi connectivity index (χ4n) is 3.47. The highest BCUT2D eigenvalue weighted by Gasteiger charge is 2.25. The van der Waals surface area contributed by atoms with Gasteiger partial charge in [0.1, 0.15) is 4.83 Å². The van der Waals surface area contributed by atoms with Crippen LogP contribution in [0.3, 0.4) is 0 Å². The van der Waals surface area contributed by atoms with E-state index in [2.05, 4.69) is 24.1 Å². The van der Waals surface area contributed by atoms with Crippen LogP contribution in [-0.4, -0.2) is 32.8 Å². The van der Waals surface area contributed by atoms with Gasteiger partial charge in [-0.2, -0.15) is 0 Å². The van der Waals surface area contributed by atoms with Crippen molar-refractivity contribution in [3.8, 4) is 0 Å². The lowest BCUT2D eigenvalue weighted by molar-refractivity contribution is -0.117. The van der Waals surface area contributed by atoms with Gasteiger partial charge in [0.2, 0.25) is 5.91 Å². The molecule has 1 aliphatic rings. The molecule has 3 rings (SSSR count). The second-order valence-corrected chi connectivity index (χ2v) is 10.7. The molecule has 3 amide bonds. The first-order chi connectivity index (χ1) is 14.1. The van der Waals surface area contributed by atoms with Crippen molar-refractivity contribution in [3.05, 3.63) is 33.4 Å². The number of allylic oxidation sites excluding steroid dienone is 1. The van der Waals surface area contributed by atoms with E-state index in [1.54, 1.807) is 22.0 Å². The summed E-state index contributed by atoms with van der Waals surface area (Å²) in [6.07, 6.45) is 4.61. The average molecular weight is 449 g/mol. The third-order valence-electron chi connectivity index (χ3n) is 4.77. The van der Waals surface area contributed by atoms with Crippen molar-refractivity contribution in [1.29, 1.82) is 0 Å². The maximum atomic E-state index is 13.2. The maximum absolute atomic E-state index is 13.2. The number of fused-ring (bicyclic) bond motifs is 3. The molecule has 2 aromatic heterocycles. The number of aromatic nitrogens is 2. The molecule has 0 aliphatic heterocycles. The Morgan fingerprint density at radius 1 is 1.40 bits per heavy atom. The van der Waals surface area contributed by atoms with Crippen molar-refractivity contribution >= 4 is 45.3 Å². The van der Waals surface area contributed by atoms with Crippen LogP contribution >= 0.6 is 23.1 Å². The zero-order valence-corrected chi connectivity index (χ0v) is 19.5. The average Bonchev–Trinajstić information content (AvgIpc) is 2.98. The van der Waals surface area contributed by atoms with Crippen LogP contribution in [0, 0.1) is 5.92 Å². The van der Waals surface area contributed by atoms with E-state index in [0.29, 0.717) is 23.0 Å². The monoisotopic (exact) mass is 448 g/mol. The Kier molecular flexibility index (Phi) is 6.71. The number of aryl methyl sites for hydroxylation is 1. The van der Waals surface area contributed by atoms with E-state index >= 15 is 0 Å². The topological polar surface area (TPSA) is 93.1 Å². The molecular formula is C21H28N4O3S2. The number of thioether (sulfide) groups is 1. The van der Waals surface area contributed by atoms with Gasteiger partial charge in [-0.1, -0.05) is 24.8 Å². The molecule has 2 N–H and O–H groups in total. The van der Waals surface area contributed by atoms with Crippen LogP contribution in [0.2, 0.25) is 0 Å². The van der Waals surface area contributed by atoms with Gasteiger partial charge < -0.3 is 5.32 Å². The van der Waals surface area contributed by atoms with Crippen molar-refractivity contribution in [2.24, 2.45) is 5.92 Å². The van der Waals surface area contributed by atoms with Crippen LogP contribution < -0.4 is 16.2 Å². The molecule has 0 bridgehead atoms. The van der Waals surface area contributed by atoms with E-state index in [4.69, 9.17) is 4.98 Å². The molecule has 1 unspecified atom stereocenters. The molecule has 9 heteroatoms. The van der Waals surface area contributed by atoms with Gasteiger partial charge in [0.15, 0.2) is 5.16 Å². The summed E-state index contributed by atoms with van der Waals surface area (Å²) in [7, 11) is 0. The minimum absolute atomic E-state index is 0.0191. The standard InChI is InChI=1S/C21H28N4O3S2/c1-6-9-25-18(27)16-13-8-7-12(2)10-14(13)30-17(16)23-20(25)29-11-15(26)22-19(28)24-21(3,4)5/h6,12H,1,7-11H2,2-5H3,(H2,22,24,26,28). The van der Waals surface area contributed by atoms with E-state index < -0.39 is 17.5 Å². The number of hydrogen-bond donors (Lipinski definition) is 2. The van der Waals surface area contributed by atoms with Crippen LogP contribution in [0.5, 0.6) is 0 Å². The summed E-state index contributed by atoms with van der Waals surface area (Å²) in [5, 5.41) is 6.17. The number of amides is 3. The van der Waals surface area contributed by atoms with Gasteiger partial charge in [-0.25, -0.2) is 9.78 Å². The van der Waals surface area contributed by atoms with Crippen molar-refractivity contribution < 1.29 is 9.59 Å². The summed E-state index contributed by atoms with van der Waals surface area (Å²) in [5.74, 6) is 0.146. The minimum atomic E-state index is -0.542. The number of nitrogens with one attached hydrogen (secondary N) is 2. The van der Waals surface area contributed by atoms with Crippen molar-refractivity contribution in [1.82, 2.24) is 20.2 Å². The molecule has 1 atom stereocenters. The molecule has 0 radical (unpaired) electrons. The number of carbonyl (C=O) groups excluding carboxylic acids is 2. The van der Waals surface area contributed by atoms with E-state index in [1.807, 2.05) is 20.8 Å².